The topological polar surface area (TPSA) is 52.7 Å². The third kappa shape index (κ3) is 4.98. The predicted molar refractivity (Wildman–Crippen MR) is 139 cm³/mol. The Kier molecular flexibility index (Phi) is 7.01. The van der Waals surface area contributed by atoms with Gasteiger partial charge in [0.1, 0.15) is 0 Å². The lowest BCUT2D eigenvalue weighted by Gasteiger charge is -2.44. The Hall–Kier alpha value is -3.60. The van der Waals surface area contributed by atoms with E-state index >= 15 is 0 Å². The summed E-state index contributed by atoms with van der Waals surface area (Å²) in [6.07, 6.45) is 0.738. The van der Waals surface area contributed by atoms with Crippen molar-refractivity contribution in [3.63, 3.8) is 0 Å². The Morgan fingerprint density at radius 1 is 0.971 bits per heavy atom. The number of carbonyl (C=O) groups excluding carboxylic acids is 2. The van der Waals surface area contributed by atoms with Crippen molar-refractivity contribution in [1.29, 1.82) is 0 Å². The van der Waals surface area contributed by atoms with Crippen molar-refractivity contribution in [3.05, 3.63) is 90.0 Å². The molecule has 1 heterocycles. The molecule has 2 atom stereocenters. The van der Waals surface area contributed by atoms with Crippen LogP contribution in [0.1, 0.15) is 57.2 Å². The van der Waals surface area contributed by atoms with Gasteiger partial charge < -0.3 is 15.1 Å². The zero-order valence-electron chi connectivity index (χ0n) is 20.4. The quantitative estimate of drug-likeness (QED) is 0.486. The number of carbonyl (C=O) groups is 2. The third-order valence-corrected chi connectivity index (χ3v) is 6.56. The molecule has 1 aliphatic rings. The summed E-state index contributed by atoms with van der Waals surface area (Å²) in [6, 6.07) is 25.9. The van der Waals surface area contributed by atoms with E-state index in [1.807, 2.05) is 65.6 Å². The molecule has 1 aliphatic heterocycles. The van der Waals surface area contributed by atoms with Gasteiger partial charge in [-0.3, -0.25) is 9.59 Å². The van der Waals surface area contributed by atoms with Crippen LogP contribution < -0.4 is 15.1 Å². The van der Waals surface area contributed by atoms with Crippen LogP contribution in [0, 0.1) is 0 Å². The Morgan fingerprint density at radius 3 is 2.26 bits per heavy atom. The lowest BCUT2D eigenvalue weighted by molar-refractivity contribution is -0.117. The van der Waals surface area contributed by atoms with E-state index in [0.717, 1.165) is 29.0 Å². The van der Waals surface area contributed by atoms with Crippen molar-refractivity contribution in [2.24, 2.45) is 0 Å². The Morgan fingerprint density at radius 2 is 1.62 bits per heavy atom. The number of fused-ring (bicyclic) bond motifs is 1. The minimum Gasteiger partial charge on any atom is -0.359 e. The number of benzene rings is 3. The summed E-state index contributed by atoms with van der Waals surface area (Å²) < 4.78 is 0. The SMILES string of the molecule is CC(=O)N(c1ccccc1)[C@H]1C[C@H](C)N(CC(=O)Nc2ccc(C(C)C)cc2)c2ccccc21. The first-order valence-electron chi connectivity index (χ1n) is 12.0. The summed E-state index contributed by atoms with van der Waals surface area (Å²) in [6.45, 7) is 8.30. The molecule has 0 radical (unpaired) electrons. The van der Waals surface area contributed by atoms with Crippen molar-refractivity contribution < 1.29 is 9.59 Å². The fourth-order valence-electron chi connectivity index (χ4n) is 4.81. The minimum absolute atomic E-state index is 0.00856. The summed E-state index contributed by atoms with van der Waals surface area (Å²) in [5.41, 5.74) is 5.00. The zero-order chi connectivity index (χ0) is 24.2. The third-order valence-electron chi connectivity index (χ3n) is 6.56. The molecule has 5 heteroatoms. The lowest BCUT2D eigenvalue weighted by Crippen LogP contribution is -2.47. The monoisotopic (exact) mass is 455 g/mol. The second-order valence-electron chi connectivity index (χ2n) is 9.34. The van der Waals surface area contributed by atoms with E-state index in [-0.39, 0.29) is 30.4 Å². The van der Waals surface area contributed by atoms with Gasteiger partial charge in [-0.25, -0.2) is 0 Å². The molecule has 4 rings (SSSR count). The molecule has 2 amide bonds. The molecule has 3 aromatic rings. The van der Waals surface area contributed by atoms with E-state index < -0.39 is 0 Å². The molecule has 1 N–H and O–H groups in total. The first kappa shape index (κ1) is 23.6. The Labute approximate surface area is 202 Å². The van der Waals surface area contributed by atoms with Gasteiger partial charge >= 0.3 is 0 Å². The standard InChI is InChI=1S/C29H33N3O2/c1-20(2)23-14-16-24(17-15-23)30-29(34)19-31-21(3)18-28(26-12-8-9-13-27(26)31)32(22(4)33)25-10-6-5-7-11-25/h5-17,20-21,28H,18-19H2,1-4H3,(H,30,34)/t21-,28-/m0/s1. The van der Waals surface area contributed by atoms with Crippen LogP contribution >= 0.6 is 0 Å². The molecule has 0 saturated carbocycles. The summed E-state index contributed by atoms with van der Waals surface area (Å²) in [5.74, 6) is 0.409. The molecule has 0 aliphatic carbocycles. The van der Waals surface area contributed by atoms with Crippen molar-refractivity contribution in [2.75, 3.05) is 21.7 Å². The smallest absolute Gasteiger partial charge is 0.243 e. The molecular formula is C29H33N3O2. The van der Waals surface area contributed by atoms with Crippen molar-refractivity contribution >= 4 is 28.9 Å². The number of nitrogens with one attached hydrogen (secondary N) is 1. The second kappa shape index (κ2) is 10.1. The molecule has 0 aromatic heterocycles. The van der Waals surface area contributed by atoms with Crippen LogP contribution in [0.25, 0.3) is 0 Å². The van der Waals surface area contributed by atoms with Crippen molar-refractivity contribution in [2.45, 2.75) is 52.1 Å². The molecule has 0 fully saturated rings. The van der Waals surface area contributed by atoms with Crippen molar-refractivity contribution in [1.82, 2.24) is 0 Å². The number of hydrogen-bond donors (Lipinski definition) is 1. The van der Waals surface area contributed by atoms with Gasteiger partial charge in [0.15, 0.2) is 0 Å². The predicted octanol–water partition coefficient (Wildman–Crippen LogP) is 6.14. The highest BCUT2D eigenvalue weighted by Gasteiger charge is 2.35. The van der Waals surface area contributed by atoms with Crippen LogP contribution in [-0.2, 0) is 9.59 Å². The fourth-order valence-corrected chi connectivity index (χ4v) is 4.81. The summed E-state index contributed by atoms with van der Waals surface area (Å²) in [5, 5.41) is 3.04. The largest absolute Gasteiger partial charge is 0.359 e. The number of hydrogen-bond acceptors (Lipinski definition) is 3. The van der Waals surface area contributed by atoms with Gasteiger partial charge in [0.05, 0.1) is 12.6 Å². The van der Waals surface area contributed by atoms with Crippen molar-refractivity contribution in [3.8, 4) is 0 Å². The van der Waals surface area contributed by atoms with Gasteiger partial charge in [-0.2, -0.15) is 0 Å². The summed E-state index contributed by atoms with van der Waals surface area (Å²) in [4.78, 5) is 29.7. The maximum atomic E-state index is 13.0. The maximum Gasteiger partial charge on any atom is 0.243 e. The molecule has 0 spiro atoms. The average Bonchev–Trinajstić information content (AvgIpc) is 2.82. The molecule has 34 heavy (non-hydrogen) atoms. The highest BCUT2D eigenvalue weighted by molar-refractivity contribution is 5.95. The summed E-state index contributed by atoms with van der Waals surface area (Å²) >= 11 is 0. The lowest BCUT2D eigenvalue weighted by atomic mass is 9.90. The Balaban J connectivity index is 1.57. The first-order valence-corrected chi connectivity index (χ1v) is 12.0. The zero-order valence-corrected chi connectivity index (χ0v) is 20.4. The number of nitrogens with zero attached hydrogens (tertiary/aromatic N) is 2. The molecule has 0 bridgehead atoms. The van der Waals surface area contributed by atoms with Gasteiger partial charge in [-0.15, -0.1) is 0 Å². The van der Waals surface area contributed by atoms with Gasteiger partial charge in [-0.05, 0) is 60.7 Å². The van der Waals surface area contributed by atoms with E-state index in [9.17, 15) is 9.59 Å². The van der Waals surface area contributed by atoms with E-state index in [1.54, 1.807) is 6.92 Å². The highest BCUT2D eigenvalue weighted by atomic mass is 16.2. The summed E-state index contributed by atoms with van der Waals surface area (Å²) in [7, 11) is 0. The average molecular weight is 456 g/mol. The number of para-hydroxylation sites is 2. The number of amides is 2. The molecule has 0 saturated heterocycles. The van der Waals surface area contributed by atoms with Gasteiger partial charge in [-0.1, -0.05) is 62.4 Å². The molecule has 0 unspecified atom stereocenters. The normalized spacial score (nSPS) is 17.3. The Bertz CT molecular complexity index is 1140. The number of rotatable bonds is 6. The minimum atomic E-state index is -0.0889. The van der Waals surface area contributed by atoms with Crippen LogP contribution in [-0.4, -0.2) is 24.4 Å². The fraction of sp³-hybridized carbons (Fsp3) is 0.310. The van der Waals surface area contributed by atoms with E-state index in [2.05, 4.69) is 49.2 Å². The van der Waals surface area contributed by atoms with E-state index in [4.69, 9.17) is 0 Å². The molecule has 3 aromatic carbocycles. The van der Waals surface area contributed by atoms with Gasteiger partial charge in [0.25, 0.3) is 0 Å². The van der Waals surface area contributed by atoms with Gasteiger partial charge in [0, 0.05) is 30.0 Å². The van der Waals surface area contributed by atoms with Crippen LogP contribution in [0.4, 0.5) is 17.1 Å². The first-order chi connectivity index (χ1) is 16.3. The van der Waals surface area contributed by atoms with Crippen LogP contribution in [0.2, 0.25) is 0 Å². The molecular weight excluding hydrogens is 422 g/mol. The van der Waals surface area contributed by atoms with Crippen LogP contribution in [0.15, 0.2) is 78.9 Å². The maximum absolute atomic E-state index is 13.0. The molecule has 176 valence electrons. The number of anilines is 3. The van der Waals surface area contributed by atoms with E-state index in [1.165, 1.54) is 5.56 Å². The van der Waals surface area contributed by atoms with Crippen LogP contribution in [0.3, 0.4) is 0 Å². The van der Waals surface area contributed by atoms with Gasteiger partial charge in [0.2, 0.25) is 11.8 Å². The van der Waals surface area contributed by atoms with Crippen LogP contribution in [0.5, 0.6) is 0 Å². The molecule has 5 nitrogen and oxygen atoms in total. The van der Waals surface area contributed by atoms with E-state index in [0.29, 0.717) is 5.92 Å². The highest BCUT2D eigenvalue weighted by Crippen LogP contribution is 2.42. The second-order valence-corrected chi connectivity index (χ2v) is 9.34.